The maximum atomic E-state index is 11.7. The molecule has 4 fully saturated rings. The highest BCUT2D eigenvalue weighted by molar-refractivity contribution is 5.74. The summed E-state index contributed by atoms with van der Waals surface area (Å²) >= 11 is 0. The summed E-state index contributed by atoms with van der Waals surface area (Å²) in [5.41, 5.74) is 1.58. The summed E-state index contributed by atoms with van der Waals surface area (Å²) in [6.45, 7) is 2.19. The first-order chi connectivity index (χ1) is 12.0. The van der Waals surface area contributed by atoms with Crippen LogP contribution in [0.15, 0.2) is 30.3 Å². The summed E-state index contributed by atoms with van der Waals surface area (Å²) in [6, 6.07) is 9.73. The zero-order chi connectivity index (χ0) is 17.4. The molecule has 4 aliphatic carbocycles. The van der Waals surface area contributed by atoms with Gasteiger partial charge in [-0.05, 0) is 87.0 Å². The lowest BCUT2D eigenvalue weighted by atomic mass is 9.48. The Morgan fingerprint density at radius 2 is 1.68 bits per heavy atom. The minimum atomic E-state index is -0.735. The molecule has 5 rings (SSSR count). The lowest BCUT2D eigenvalue weighted by molar-refractivity contribution is -0.139. The van der Waals surface area contributed by atoms with E-state index in [1.54, 1.807) is 0 Å². The second-order valence-corrected chi connectivity index (χ2v) is 9.27. The fourth-order valence-corrected chi connectivity index (χ4v) is 6.66. The van der Waals surface area contributed by atoms with Crippen molar-refractivity contribution in [1.29, 1.82) is 0 Å². The minimum Gasteiger partial charge on any atom is -0.480 e. The van der Waals surface area contributed by atoms with Crippen molar-refractivity contribution < 1.29 is 9.90 Å². The molecule has 4 aliphatic rings. The zero-order valence-corrected chi connectivity index (χ0v) is 15.3. The largest absolute Gasteiger partial charge is 0.480 e. The highest BCUT2D eigenvalue weighted by Crippen LogP contribution is 2.61. The van der Waals surface area contributed by atoms with Crippen LogP contribution in [-0.2, 0) is 11.2 Å². The predicted octanol–water partition coefficient (Wildman–Crippen LogP) is 4.27. The van der Waals surface area contributed by atoms with Gasteiger partial charge in [-0.15, -0.1) is 0 Å². The van der Waals surface area contributed by atoms with E-state index in [0.717, 1.165) is 29.7 Å². The maximum absolute atomic E-state index is 11.7. The molecule has 4 bridgehead atoms. The summed E-state index contributed by atoms with van der Waals surface area (Å²) in [6.07, 6.45) is 10.3. The molecule has 1 unspecified atom stereocenters. The molecule has 136 valence electrons. The van der Waals surface area contributed by atoms with Gasteiger partial charge in [0.1, 0.15) is 6.04 Å². The maximum Gasteiger partial charge on any atom is 0.321 e. The van der Waals surface area contributed by atoms with Crippen LogP contribution >= 0.6 is 0 Å². The molecule has 25 heavy (non-hydrogen) atoms. The number of carboxylic acids is 1. The molecule has 3 nitrogen and oxygen atoms in total. The molecule has 2 N–H and O–H groups in total. The highest BCUT2D eigenvalue weighted by atomic mass is 16.4. The molecule has 0 spiro atoms. The van der Waals surface area contributed by atoms with E-state index in [0.29, 0.717) is 11.8 Å². The van der Waals surface area contributed by atoms with Crippen molar-refractivity contribution in [3.05, 3.63) is 35.9 Å². The van der Waals surface area contributed by atoms with Crippen LogP contribution in [-0.4, -0.2) is 23.2 Å². The van der Waals surface area contributed by atoms with Crippen molar-refractivity contribution in [2.75, 3.05) is 0 Å². The first-order valence-electron chi connectivity index (χ1n) is 10.0. The molecule has 0 radical (unpaired) electrons. The van der Waals surface area contributed by atoms with Gasteiger partial charge in [-0.1, -0.05) is 30.3 Å². The van der Waals surface area contributed by atoms with Gasteiger partial charge < -0.3 is 10.4 Å². The van der Waals surface area contributed by atoms with E-state index in [9.17, 15) is 9.90 Å². The Hall–Kier alpha value is -1.35. The Bertz CT molecular complexity index is 576. The van der Waals surface area contributed by atoms with Crippen molar-refractivity contribution in [2.24, 2.45) is 23.2 Å². The van der Waals surface area contributed by atoms with Gasteiger partial charge in [0.15, 0.2) is 0 Å². The number of carbonyl (C=O) groups is 1. The first-order valence-corrected chi connectivity index (χ1v) is 10.0. The third-order valence-corrected chi connectivity index (χ3v) is 6.97. The zero-order valence-electron chi connectivity index (χ0n) is 15.3. The van der Waals surface area contributed by atoms with E-state index < -0.39 is 12.0 Å². The van der Waals surface area contributed by atoms with E-state index >= 15 is 0 Å². The first kappa shape index (κ1) is 17.1. The fourth-order valence-electron chi connectivity index (χ4n) is 6.66. The summed E-state index contributed by atoms with van der Waals surface area (Å²) in [4.78, 5) is 11.7. The second-order valence-electron chi connectivity index (χ2n) is 9.27. The van der Waals surface area contributed by atoms with Crippen LogP contribution in [0.1, 0.15) is 57.4 Å². The summed E-state index contributed by atoms with van der Waals surface area (Å²) < 4.78 is 0. The lowest BCUT2D eigenvalue weighted by Crippen LogP contribution is -2.50. The number of aliphatic carboxylic acids is 1. The molecule has 0 amide bonds. The van der Waals surface area contributed by atoms with E-state index in [1.807, 2.05) is 30.3 Å². The molecule has 3 heteroatoms. The van der Waals surface area contributed by atoms with Gasteiger partial charge in [0.2, 0.25) is 0 Å². The Labute approximate surface area is 151 Å². The van der Waals surface area contributed by atoms with Gasteiger partial charge in [-0.25, -0.2) is 0 Å². The highest BCUT2D eigenvalue weighted by Gasteiger charge is 2.51. The summed E-state index contributed by atoms with van der Waals surface area (Å²) in [5, 5.41) is 13.1. The van der Waals surface area contributed by atoms with Gasteiger partial charge >= 0.3 is 5.97 Å². The fraction of sp³-hybridized carbons (Fsp3) is 0.682. The smallest absolute Gasteiger partial charge is 0.321 e. The van der Waals surface area contributed by atoms with Crippen molar-refractivity contribution in [3.63, 3.8) is 0 Å². The van der Waals surface area contributed by atoms with Crippen LogP contribution in [0.3, 0.4) is 0 Å². The Kier molecular flexibility index (Phi) is 4.61. The van der Waals surface area contributed by atoms with Crippen LogP contribution < -0.4 is 5.32 Å². The van der Waals surface area contributed by atoms with Crippen LogP contribution in [0.4, 0.5) is 0 Å². The molecule has 0 aliphatic heterocycles. The molecular formula is C22H31NO2. The number of benzene rings is 1. The molecule has 0 saturated heterocycles. The normalized spacial score (nSPS) is 35.5. The van der Waals surface area contributed by atoms with Gasteiger partial charge in [0.05, 0.1) is 0 Å². The topological polar surface area (TPSA) is 49.3 Å². The Morgan fingerprint density at radius 3 is 2.20 bits per heavy atom. The standard InChI is InChI=1S/C22H31NO2/c1-15(23-20(21(24)25)10-16-5-3-2-4-6-16)11-22-12-17-7-18(13-22)9-19(8-17)14-22/h2-6,15,17-20,23H,7-14H2,1H3,(H,24,25)/t15?,17?,18?,19?,20-,22?/m0/s1. The number of carboxylic acid groups (broad SMARTS) is 1. The van der Waals surface area contributed by atoms with Crippen LogP contribution in [0.25, 0.3) is 0 Å². The predicted molar refractivity (Wildman–Crippen MR) is 99.4 cm³/mol. The van der Waals surface area contributed by atoms with Gasteiger partial charge in [-0.3, -0.25) is 4.79 Å². The van der Waals surface area contributed by atoms with Crippen molar-refractivity contribution in [3.8, 4) is 0 Å². The van der Waals surface area contributed by atoms with Crippen molar-refractivity contribution in [2.45, 2.75) is 70.4 Å². The van der Waals surface area contributed by atoms with Crippen molar-refractivity contribution in [1.82, 2.24) is 5.32 Å². The molecule has 0 aromatic heterocycles. The molecule has 1 aromatic rings. The second kappa shape index (κ2) is 6.75. The van der Waals surface area contributed by atoms with E-state index in [4.69, 9.17) is 0 Å². The Balaban J connectivity index is 1.38. The molecule has 0 heterocycles. The van der Waals surface area contributed by atoms with Crippen LogP contribution in [0, 0.1) is 23.2 Å². The molecule has 4 saturated carbocycles. The quantitative estimate of drug-likeness (QED) is 0.779. The summed E-state index contributed by atoms with van der Waals surface area (Å²) in [7, 11) is 0. The van der Waals surface area contributed by atoms with E-state index in [-0.39, 0.29) is 6.04 Å². The van der Waals surface area contributed by atoms with Crippen LogP contribution in [0.5, 0.6) is 0 Å². The average molecular weight is 341 g/mol. The molecule has 1 aromatic carbocycles. The number of hydrogen-bond donors (Lipinski definition) is 2. The van der Waals surface area contributed by atoms with E-state index in [1.165, 1.54) is 38.5 Å². The Morgan fingerprint density at radius 1 is 1.12 bits per heavy atom. The third-order valence-electron chi connectivity index (χ3n) is 6.97. The number of nitrogens with one attached hydrogen (secondary N) is 1. The lowest BCUT2D eigenvalue weighted by Gasteiger charge is -2.57. The van der Waals surface area contributed by atoms with Gasteiger partial charge in [0.25, 0.3) is 0 Å². The van der Waals surface area contributed by atoms with Crippen molar-refractivity contribution >= 4 is 5.97 Å². The van der Waals surface area contributed by atoms with Gasteiger partial charge in [0, 0.05) is 6.04 Å². The number of hydrogen-bond acceptors (Lipinski definition) is 2. The minimum absolute atomic E-state index is 0.265. The molecular weight excluding hydrogens is 310 g/mol. The van der Waals surface area contributed by atoms with Crippen LogP contribution in [0.2, 0.25) is 0 Å². The third kappa shape index (κ3) is 3.76. The molecule has 2 atom stereocenters. The monoisotopic (exact) mass is 341 g/mol. The SMILES string of the molecule is CC(CC12CC3CC(CC(C3)C1)C2)N[C@@H](Cc1ccccc1)C(=O)O. The van der Waals surface area contributed by atoms with E-state index in [2.05, 4.69) is 12.2 Å². The van der Waals surface area contributed by atoms with Gasteiger partial charge in [-0.2, -0.15) is 0 Å². The average Bonchev–Trinajstić information content (AvgIpc) is 2.53. The number of rotatable bonds is 7. The summed E-state index contributed by atoms with van der Waals surface area (Å²) in [5.74, 6) is 2.13.